The first kappa shape index (κ1) is 16.4. The first-order valence-electron chi connectivity index (χ1n) is 8.15. The van der Waals surface area contributed by atoms with Crippen LogP contribution in [0.3, 0.4) is 0 Å². The highest BCUT2D eigenvalue weighted by Crippen LogP contribution is 2.28. The van der Waals surface area contributed by atoms with Crippen molar-refractivity contribution in [3.63, 3.8) is 0 Å². The molecule has 0 aromatic heterocycles. The largest absolute Gasteiger partial charge is 0.457 e. The van der Waals surface area contributed by atoms with E-state index in [1.807, 2.05) is 30.3 Å². The second kappa shape index (κ2) is 7.39. The highest BCUT2D eigenvalue weighted by molar-refractivity contribution is 5.90. The second-order valence-corrected chi connectivity index (χ2v) is 6.18. The molecule has 124 valence electrons. The van der Waals surface area contributed by atoms with Crippen molar-refractivity contribution in [2.75, 3.05) is 0 Å². The first-order chi connectivity index (χ1) is 11.6. The van der Waals surface area contributed by atoms with E-state index in [9.17, 15) is 14.0 Å². The van der Waals surface area contributed by atoms with E-state index in [0.29, 0.717) is 5.56 Å². The molecule has 0 unspecified atom stereocenters. The summed E-state index contributed by atoms with van der Waals surface area (Å²) in [6.45, 7) is 0.131. The Bertz CT molecular complexity index is 736. The molecular formula is C20H19FO3. The molecule has 4 heteroatoms. The third-order valence-electron chi connectivity index (χ3n) is 4.34. The Kier molecular flexibility index (Phi) is 5.04. The van der Waals surface area contributed by atoms with Crippen LogP contribution in [0.25, 0.3) is 0 Å². The van der Waals surface area contributed by atoms with Crippen molar-refractivity contribution in [3.05, 3.63) is 71.0 Å². The van der Waals surface area contributed by atoms with Gasteiger partial charge in [-0.2, -0.15) is 0 Å². The van der Waals surface area contributed by atoms with Crippen LogP contribution in [0.15, 0.2) is 48.5 Å². The lowest BCUT2D eigenvalue weighted by atomic mass is 9.80. The molecule has 0 radical (unpaired) electrons. The highest BCUT2D eigenvalue weighted by atomic mass is 19.1. The van der Waals surface area contributed by atoms with Crippen molar-refractivity contribution < 1.29 is 18.7 Å². The van der Waals surface area contributed by atoms with Crippen LogP contribution in [0.4, 0.5) is 4.39 Å². The number of hydrogen-bond acceptors (Lipinski definition) is 3. The Morgan fingerprint density at radius 3 is 2.46 bits per heavy atom. The average Bonchev–Trinajstić information content (AvgIpc) is 2.51. The normalized spacial score (nSPS) is 14.0. The summed E-state index contributed by atoms with van der Waals surface area (Å²) in [4.78, 5) is 24.2. The Morgan fingerprint density at radius 1 is 1.04 bits per heavy atom. The topological polar surface area (TPSA) is 43.4 Å². The molecule has 1 saturated carbocycles. The second-order valence-electron chi connectivity index (χ2n) is 6.18. The number of Topliss-reactive ketones (excluding diaryl/α,β-unsaturated/α-hetero) is 1. The maximum atomic E-state index is 13.8. The molecule has 3 rings (SSSR count). The van der Waals surface area contributed by atoms with Crippen molar-refractivity contribution in [1.29, 1.82) is 0 Å². The van der Waals surface area contributed by atoms with Crippen molar-refractivity contribution in [2.45, 2.75) is 32.3 Å². The molecule has 0 heterocycles. The minimum absolute atomic E-state index is 0.0988. The van der Waals surface area contributed by atoms with Gasteiger partial charge in [0.25, 0.3) is 0 Å². The van der Waals surface area contributed by atoms with Gasteiger partial charge < -0.3 is 4.74 Å². The quantitative estimate of drug-likeness (QED) is 0.751. The van der Waals surface area contributed by atoms with E-state index in [1.54, 1.807) is 6.07 Å². The summed E-state index contributed by atoms with van der Waals surface area (Å²) in [6.07, 6.45) is 3.08. The van der Waals surface area contributed by atoms with Crippen molar-refractivity contribution >= 4 is 11.8 Å². The number of rotatable bonds is 6. The number of carbonyl (C=O) groups excluding carboxylic acids is 2. The van der Waals surface area contributed by atoms with Gasteiger partial charge in [-0.25, -0.2) is 9.18 Å². The number of hydrogen-bond donors (Lipinski definition) is 0. The summed E-state index contributed by atoms with van der Waals surface area (Å²) in [7, 11) is 0. The molecule has 0 bridgehead atoms. The highest BCUT2D eigenvalue weighted by Gasteiger charge is 2.25. The maximum absolute atomic E-state index is 13.8. The third kappa shape index (κ3) is 4.07. The zero-order valence-electron chi connectivity index (χ0n) is 13.3. The molecule has 0 N–H and O–H groups in total. The van der Waals surface area contributed by atoms with Crippen LogP contribution in [-0.2, 0) is 22.6 Å². The lowest BCUT2D eigenvalue weighted by Crippen LogP contribution is -2.23. The summed E-state index contributed by atoms with van der Waals surface area (Å²) in [5, 5.41) is 0. The Labute approximate surface area is 140 Å². The molecule has 24 heavy (non-hydrogen) atoms. The van der Waals surface area contributed by atoms with Crippen LogP contribution < -0.4 is 0 Å². The van der Waals surface area contributed by atoms with Crippen LogP contribution in [0, 0.1) is 11.7 Å². The minimum atomic E-state index is -0.587. The number of benzene rings is 2. The van der Waals surface area contributed by atoms with Crippen LogP contribution >= 0.6 is 0 Å². The van der Waals surface area contributed by atoms with E-state index in [0.717, 1.165) is 30.9 Å². The van der Waals surface area contributed by atoms with Crippen molar-refractivity contribution in [3.8, 4) is 0 Å². The molecule has 1 aliphatic carbocycles. The van der Waals surface area contributed by atoms with E-state index in [1.165, 1.54) is 6.07 Å². The monoisotopic (exact) mass is 326 g/mol. The van der Waals surface area contributed by atoms with E-state index in [2.05, 4.69) is 0 Å². The van der Waals surface area contributed by atoms with Gasteiger partial charge in [-0.05, 0) is 42.2 Å². The van der Waals surface area contributed by atoms with Crippen molar-refractivity contribution in [1.82, 2.24) is 0 Å². The maximum Gasteiger partial charge on any atom is 0.338 e. The predicted molar refractivity (Wildman–Crippen MR) is 88.0 cm³/mol. The molecule has 0 saturated heterocycles. The molecule has 0 aliphatic heterocycles. The molecule has 2 aromatic carbocycles. The zero-order chi connectivity index (χ0) is 16.9. The fraction of sp³-hybridized carbons (Fsp3) is 0.300. The molecule has 0 amide bonds. The van der Waals surface area contributed by atoms with Gasteiger partial charge in [-0.3, -0.25) is 4.79 Å². The van der Waals surface area contributed by atoms with E-state index >= 15 is 0 Å². The zero-order valence-corrected chi connectivity index (χ0v) is 13.3. The molecule has 1 aliphatic rings. The Hall–Kier alpha value is -2.49. The summed E-state index contributed by atoms with van der Waals surface area (Å²) < 4.78 is 19.0. The van der Waals surface area contributed by atoms with Crippen LogP contribution in [0.2, 0.25) is 0 Å². The fourth-order valence-corrected chi connectivity index (χ4v) is 2.75. The van der Waals surface area contributed by atoms with Gasteiger partial charge in [0.1, 0.15) is 18.2 Å². The molecule has 1 fully saturated rings. The van der Waals surface area contributed by atoms with Gasteiger partial charge in [0.15, 0.2) is 0 Å². The lowest BCUT2D eigenvalue weighted by molar-refractivity contribution is -0.124. The van der Waals surface area contributed by atoms with Crippen LogP contribution in [0.1, 0.15) is 40.7 Å². The summed E-state index contributed by atoms with van der Waals surface area (Å²) in [5.74, 6) is -0.895. The first-order valence-corrected chi connectivity index (χ1v) is 8.15. The smallest absolute Gasteiger partial charge is 0.338 e. The predicted octanol–water partition coefficient (Wildman–Crippen LogP) is 4.09. The van der Waals surface area contributed by atoms with Crippen LogP contribution in [0.5, 0.6) is 0 Å². The molecule has 3 nitrogen and oxygen atoms in total. The molecule has 0 spiro atoms. The molecular weight excluding hydrogens is 307 g/mol. The van der Waals surface area contributed by atoms with Gasteiger partial charge in [0, 0.05) is 12.3 Å². The third-order valence-corrected chi connectivity index (χ3v) is 4.34. The van der Waals surface area contributed by atoms with Gasteiger partial charge >= 0.3 is 5.97 Å². The fourth-order valence-electron chi connectivity index (χ4n) is 2.75. The lowest BCUT2D eigenvalue weighted by Gasteiger charge is -2.23. The average molecular weight is 326 g/mol. The Balaban J connectivity index is 1.65. The van der Waals surface area contributed by atoms with Gasteiger partial charge in [-0.15, -0.1) is 0 Å². The number of esters is 1. The van der Waals surface area contributed by atoms with Gasteiger partial charge in [0.05, 0.1) is 5.56 Å². The van der Waals surface area contributed by atoms with Crippen LogP contribution in [-0.4, -0.2) is 11.8 Å². The van der Waals surface area contributed by atoms with Gasteiger partial charge in [0.2, 0.25) is 0 Å². The SMILES string of the molecule is O=C(OCc1ccccc1)c1cc(F)cc(CC(=O)C2CCC2)c1. The Morgan fingerprint density at radius 2 is 1.79 bits per heavy atom. The number of halogens is 1. The van der Waals surface area contributed by atoms with E-state index in [-0.39, 0.29) is 30.3 Å². The number of carbonyl (C=O) groups is 2. The molecule has 2 aromatic rings. The summed E-state index contributed by atoms with van der Waals surface area (Å²) >= 11 is 0. The molecule has 0 atom stereocenters. The number of ether oxygens (including phenoxy) is 1. The number of ketones is 1. The van der Waals surface area contributed by atoms with Crippen molar-refractivity contribution in [2.24, 2.45) is 5.92 Å². The van der Waals surface area contributed by atoms with E-state index in [4.69, 9.17) is 4.74 Å². The standard InChI is InChI=1S/C20H19FO3/c21-18-10-15(11-19(22)16-7-4-8-16)9-17(12-18)20(23)24-13-14-5-2-1-3-6-14/h1-3,5-6,9-10,12,16H,4,7-8,11,13H2. The van der Waals surface area contributed by atoms with Gasteiger partial charge in [-0.1, -0.05) is 36.8 Å². The van der Waals surface area contributed by atoms with E-state index < -0.39 is 11.8 Å². The summed E-state index contributed by atoms with van der Waals surface area (Å²) in [5.41, 5.74) is 1.53. The summed E-state index contributed by atoms with van der Waals surface area (Å²) in [6, 6.07) is 13.3. The minimum Gasteiger partial charge on any atom is -0.457 e.